The van der Waals surface area contributed by atoms with Crippen LogP contribution >= 0.6 is 0 Å². The molecule has 2 amide bonds. The number of hydrogen-bond acceptors (Lipinski definition) is 2. The fourth-order valence-corrected chi connectivity index (χ4v) is 2.09. The van der Waals surface area contributed by atoms with Crippen LogP contribution in [0.15, 0.2) is 24.3 Å². The van der Waals surface area contributed by atoms with Crippen LogP contribution in [0, 0.1) is 5.92 Å². The number of hydrogen-bond donors (Lipinski definition) is 2. The maximum absolute atomic E-state index is 11.9. The van der Waals surface area contributed by atoms with Crippen molar-refractivity contribution in [2.45, 2.75) is 53.0 Å². The summed E-state index contributed by atoms with van der Waals surface area (Å²) in [6.45, 7) is 7.88. The van der Waals surface area contributed by atoms with Gasteiger partial charge in [0.15, 0.2) is 0 Å². The molecule has 116 valence electrons. The minimum atomic E-state index is 0.0124. The van der Waals surface area contributed by atoms with Gasteiger partial charge >= 0.3 is 0 Å². The van der Waals surface area contributed by atoms with Crippen LogP contribution < -0.4 is 10.6 Å². The molecule has 4 heteroatoms. The van der Waals surface area contributed by atoms with E-state index in [4.69, 9.17) is 0 Å². The quantitative estimate of drug-likeness (QED) is 0.810. The number of rotatable bonds is 7. The number of carbonyl (C=O) groups is 2. The van der Waals surface area contributed by atoms with Crippen molar-refractivity contribution in [2.75, 3.05) is 5.32 Å². The zero-order valence-corrected chi connectivity index (χ0v) is 13.4. The van der Waals surface area contributed by atoms with Gasteiger partial charge in [-0.25, -0.2) is 0 Å². The van der Waals surface area contributed by atoms with Gasteiger partial charge in [0.05, 0.1) is 6.42 Å². The smallest absolute Gasteiger partial charge is 0.227 e. The van der Waals surface area contributed by atoms with Crippen molar-refractivity contribution < 1.29 is 9.59 Å². The van der Waals surface area contributed by atoms with E-state index in [-0.39, 0.29) is 23.8 Å². The number of nitrogens with one attached hydrogen (secondary N) is 2. The first-order chi connectivity index (χ1) is 9.92. The molecule has 4 nitrogen and oxygen atoms in total. The Kier molecular flexibility index (Phi) is 6.92. The highest BCUT2D eigenvalue weighted by atomic mass is 16.2. The fourth-order valence-electron chi connectivity index (χ4n) is 2.09. The number of benzene rings is 1. The van der Waals surface area contributed by atoms with E-state index in [0.717, 1.165) is 24.1 Å². The van der Waals surface area contributed by atoms with Crippen molar-refractivity contribution in [3.8, 4) is 0 Å². The van der Waals surface area contributed by atoms with Crippen LogP contribution in [-0.2, 0) is 16.0 Å². The molecule has 0 aliphatic rings. The van der Waals surface area contributed by atoms with Crippen LogP contribution in [0.25, 0.3) is 0 Å². The van der Waals surface area contributed by atoms with Crippen molar-refractivity contribution in [2.24, 2.45) is 5.92 Å². The van der Waals surface area contributed by atoms with E-state index in [1.165, 1.54) is 0 Å². The summed E-state index contributed by atoms with van der Waals surface area (Å²) in [5.41, 5.74) is 1.71. The molecule has 0 aliphatic heterocycles. The molecule has 0 aliphatic carbocycles. The Bertz CT molecular complexity index is 466. The molecule has 21 heavy (non-hydrogen) atoms. The molecular formula is C17H26N2O2. The summed E-state index contributed by atoms with van der Waals surface area (Å²) in [7, 11) is 0. The second kappa shape index (κ2) is 8.45. The first-order valence-electron chi connectivity index (χ1n) is 7.61. The van der Waals surface area contributed by atoms with Gasteiger partial charge in [0, 0.05) is 17.6 Å². The van der Waals surface area contributed by atoms with Gasteiger partial charge in [-0.05, 0) is 38.0 Å². The van der Waals surface area contributed by atoms with E-state index in [0.29, 0.717) is 6.42 Å². The van der Waals surface area contributed by atoms with Gasteiger partial charge in [0.1, 0.15) is 0 Å². The van der Waals surface area contributed by atoms with Crippen LogP contribution in [0.1, 0.15) is 46.1 Å². The number of anilines is 1. The Morgan fingerprint density at radius 2 is 1.71 bits per heavy atom. The minimum absolute atomic E-state index is 0.0124. The second-order valence-corrected chi connectivity index (χ2v) is 5.77. The van der Waals surface area contributed by atoms with E-state index in [1.54, 1.807) is 0 Å². The first kappa shape index (κ1) is 17.2. The molecule has 0 bridgehead atoms. The summed E-state index contributed by atoms with van der Waals surface area (Å²) in [5, 5.41) is 5.76. The third kappa shape index (κ3) is 6.43. The third-order valence-corrected chi connectivity index (χ3v) is 3.21. The molecule has 1 atom stereocenters. The molecule has 0 spiro atoms. The molecule has 1 aromatic carbocycles. The van der Waals surface area contributed by atoms with Crippen LogP contribution in [0.3, 0.4) is 0 Å². The largest absolute Gasteiger partial charge is 0.354 e. The molecule has 1 rings (SSSR count). The molecule has 0 heterocycles. The highest BCUT2D eigenvalue weighted by Crippen LogP contribution is 2.13. The van der Waals surface area contributed by atoms with Crippen molar-refractivity contribution in [3.05, 3.63) is 29.8 Å². The Hall–Kier alpha value is -1.84. The highest BCUT2D eigenvalue weighted by molar-refractivity contribution is 5.92. The zero-order chi connectivity index (χ0) is 15.8. The maximum Gasteiger partial charge on any atom is 0.227 e. The normalized spacial score (nSPS) is 12.0. The lowest BCUT2D eigenvalue weighted by atomic mass is 10.1. The Balaban J connectivity index is 2.54. The van der Waals surface area contributed by atoms with E-state index in [1.807, 2.05) is 45.0 Å². The van der Waals surface area contributed by atoms with Crippen molar-refractivity contribution >= 4 is 17.5 Å². The van der Waals surface area contributed by atoms with Gasteiger partial charge in [-0.1, -0.05) is 32.4 Å². The van der Waals surface area contributed by atoms with Crippen molar-refractivity contribution in [3.63, 3.8) is 0 Å². The highest BCUT2D eigenvalue weighted by Gasteiger charge is 2.12. The predicted octanol–water partition coefficient (Wildman–Crippen LogP) is 3.13. The summed E-state index contributed by atoms with van der Waals surface area (Å²) < 4.78 is 0. The lowest BCUT2D eigenvalue weighted by Crippen LogP contribution is -2.31. The molecule has 2 N–H and O–H groups in total. The Labute approximate surface area is 127 Å². The van der Waals surface area contributed by atoms with E-state index in [2.05, 4.69) is 17.6 Å². The summed E-state index contributed by atoms with van der Waals surface area (Å²) in [6, 6.07) is 7.58. The zero-order valence-electron chi connectivity index (χ0n) is 13.4. The lowest BCUT2D eigenvalue weighted by molar-refractivity contribution is -0.121. The van der Waals surface area contributed by atoms with Crippen LogP contribution in [0.2, 0.25) is 0 Å². The van der Waals surface area contributed by atoms with Gasteiger partial charge in [0.25, 0.3) is 0 Å². The SMILES string of the molecule is CCCC(C)C(=O)Nc1ccc(CC(=O)NC(C)C)cc1. The molecule has 1 unspecified atom stereocenters. The summed E-state index contributed by atoms with van der Waals surface area (Å²) in [6.07, 6.45) is 2.25. The molecule has 0 radical (unpaired) electrons. The average Bonchev–Trinajstić information content (AvgIpc) is 2.40. The average molecular weight is 290 g/mol. The van der Waals surface area contributed by atoms with Crippen LogP contribution in [0.5, 0.6) is 0 Å². The summed E-state index contributed by atoms with van der Waals surface area (Å²) >= 11 is 0. The first-order valence-corrected chi connectivity index (χ1v) is 7.61. The molecular weight excluding hydrogens is 264 g/mol. The third-order valence-electron chi connectivity index (χ3n) is 3.21. The Morgan fingerprint density at radius 1 is 1.10 bits per heavy atom. The summed E-state index contributed by atoms with van der Waals surface area (Å²) in [4.78, 5) is 23.6. The van der Waals surface area contributed by atoms with Gasteiger partial charge < -0.3 is 10.6 Å². The van der Waals surface area contributed by atoms with E-state index in [9.17, 15) is 9.59 Å². The molecule has 1 aromatic rings. The standard InChI is InChI=1S/C17H26N2O2/c1-5-6-13(4)17(21)19-15-9-7-14(8-10-15)11-16(20)18-12(2)3/h7-10,12-13H,5-6,11H2,1-4H3,(H,18,20)(H,19,21). The van der Waals surface area contributed by atoms with Gasteiger partial charge in [-0.2, -0.15) is 0 Å². The fraction of sp³-hybridized carbons (Fsp3) is 0.529. The monoisotopic (exact) mass is 290 g/mol. The second-order valence-electron chi connectivity index (χ2n) is 5.77. The predicted molar refractivity (Wildman–Crippen MR) is 86.1 cm³/mol. The molecule has 0 fully saturated rings. The van der Waals surface area contributed by atoms with E-state index >= 15 is 0 Å². The maximum atomic E-state index is 11.9. The number of amides is 2. The molecule has 0 aromatic heterocycles. The minimum Gasteiger partial charge on any atom is -0.354 e. The Morgan fingerprint density at radius 3 is 2.24 bits per heavy atom. The molecule has 0 saturated heterocycles. The van der Waals surface area contributed by atoms with Crippen LogP contribution in [0.4, 0.5) is 5.69 Å². The van der Waals surface area contributed by atoms with Crippen molar-refractivity contribution in [1.82, 2.24) is 5.32 Å². The van der Waals surface area contributed by atoms with Gasteiger partial charge in [-0.15, -0.1) is 0 Å². The topological polar surface area (TPSA) is 58.2 Å². The van der Waals surface area contributed by atoms with Gasteiger partial charge in [0.2, 0.25) is 11.8 Å². The molecule has 0 saturated carbocycles. The lowest BCUT2D eigenvalue weighted by Gasteiger charge is -2.12. The van der Waals surface area contributed by atoms with Gasteiger partial charge in [-0.3, -0.25) is 9.59 Å². The van der Waals surface area contributed by atoms with Crippen LogP contribution in [-0.4, -0.2) is 17.9 Å². The number of carbonyl (C=O) groups excluding carboxylic acids is 2. The van der Waals surface area contributed by atoms with E-state index < -0.39 is 0 Å². The summed E-state index contributed by atoms with van der Waals surface area (Å²) in [5.74, 6) is 0.0759. The van der Waals surface area contributed by atoms with Crippen molar-refractivity contribution in [1.29, 1.82) is 0 Å².